The van der Waals surface area contributed by atoms with E-state index in [9.17, 15) is 4.79 Å². The molecule has 0 aliphatic carbocycles. The molecule has 1 aliphatic heterocycles. The summed E-state index contributed by atoms with van der Waals surface area (Å²) in [4.78, 5) is 13.9. The molecule has 1 fully saturated rings. The van der Waals surface area contributed by atoms with Crippen molar-refractivity contribution in [2.75, 3.05) is 25.6 Å². The summed E-state index contributed by atoms with van der Waals surface area (Å²) in [5, 5.41) is 12.2. The zero-order chi connectivity index (χ0) is 13.0. The molecule has 1 atom stereocenters. The first-order chi connectivity index (χ1) is 8.72. The van der Waals surface area contributed by atoms with E-state index >= 15 is 0 Å². The van der Waals surface area contributed by atoms with Crippen molar-refractivity contribution in [3.05, 3.63) is 5.01 Å². The number of piperidine rings is 1. The number of nitrogens with two attached hydrogens (primary N) is 1. The van der Waals surface area contributed by atoms with Crippen LogP contribution in [0, 0.1) is 5.92 Å². The summed E-state index contributed by atoms with van der Waals surface area (Å²) < 4.78 is 0. The molecule has 18 heavy (non-hydrogen) atoms. The van der Waals surface area contributed by atoms with Gasteiger partial charge >= 0.3 is 0 Å². The normalized spacial score (nSPS) is 20.7. The Hall–Kier alpha value is -1.25. The number of hydrogen-bond donors (Lipinski definition) is 3. The van der Waals surface area contributed by atoms with Crippen LogP contribution < -0.4 is 16.6 Å². The molecule has 1 unspecified atom stereocenters. The third-order valence-corrected chi connectivity index (χ3v) is 3.91. The fourth-order valence-corrected chi connectivity index (χ4v) is 2.88. The van der Waals surface area contributed by atoms with Crippen molar-refractivity contribution in [2.24, 2.45) is 11.8 Å². The molecule has 7 nitrogen and oxygen atoms in total. The quantitative estimate of drug-likeness (QED) is 0.517. The van der Waals surface area contributed by atoms with E-state index in [-0.39, 0.29) is 11.8 Å². The predicted molar refractivity (Wildman–Crippen MR) is 69.8 cm³/mol. The van der Waals surface area contributed by atoms with Crippen LogP contribution in [-0.4, -0.2) is 41.1 Å². The Morgan fingerprint density at radius 3 is 3.11 bits per heavy atom. The fourth-order valence-electron chi connectivity index (χ4n) is 2.18. The zero-order valence-corrected chi connectivity index (χ0v) is 11.2. The Kier molecular flexibility index (Phi) is 4.45. The highest BCUT2D eigenvalue weighted by molar-refractivity contribution is 7.15. The van der Waals surface area contributed by atoms with E-state index in [2.05, 4.69) is 25.8 Å². The second-order valence-electron chi connectivity index (χ2n) is 4.33. The van der Waals surface area contributed by atoms with Gasteiger partial charge in [-0.3, -0.25) is 15.1 Å². The largest absolute Gasteiger partial charge is 0.359 e. The monoisotopic (exact) mass is 270 g/mol. The molecule has 1 aromatic rings. The second kappa shape index (κ2) is 6.07. The summed E-state index contributed by atoms with van der Waals surface area (Å²) in [7, 11) is 1.69. The molecule has 1 aromatic heterocycles. The van der Waals surface area contributed by atoms with Crippen LogP contribution in [0.3, 0.4) is 0 Å². The fraction of sp³-hybridized carbons (Fsp3) is 0.700. The number of rotatable bonds is 4. The Balaban J connectivity index is 1.91. The molecule has 100 valence electrons. The van der Waals surface area contributed by atoms with Gasteiger partial charge in [0.25, 0.3) is 0 Å². The number of hydrazine groups is 1. The number of likely N-dealkylation sites (tertiary alicyclic amines) is 1. The topological polar surface area (TPSA) is 96.2 Å². The molecule has 0 bridgehead atoms. The number of anilines is 1. The number of carbonyl (C=O) groups is 1. The standard InChI is InChI=1S/C10H18N6OS/c1-12-9(17)7-3-2-4-16(5-7)6-8-14-15-10(13-11)18-8/h7H,2-6,11H2,1H3,(H,12,17)(H,13,15). The molecule has 0 radical (unpaired) electrons. The molecular weight excluding hydrogens is 252 g/mol. The number of hydrogen-bond acceptors (Lipinski definition) is 7. The van der Waals surface area contributed by atoms with Gasteiger partial charge in [-0.05, 0) is 19.4 Å². The van der Waals surface area contributed by atoms with Crippen molar-refractivity contribution in [1.82, 2.24) is 20.4 Å². The van der Waals surface area contributed by atoms with E-state index in [4.69, 9.17) is 5.84 Å². The van der Waals surface area contributed by atoms with E-state index in [1.165, 1.54) is 11.3 Å². The van der Waals surface area contributed by atoms with Crippen molar-refractivity contribution in [2.45, 2.75) is 19.4 Å². The Labute approximate surface area is 110 Å². The minimum atomic E-state index is 0.0868. The molecule has 0 aromatic carbocycles. The Morgan fingerprint density at radius 1 is 1.61 bits per heavy atom. The Morgan fingerprint density at radius 2 is 2.44 bits per heavy atom. The van der Waals surface area contributed by atoms with Gasteiger partial charge in [-0.2, -0.15) is 0 Å². The van der Waals surface area contributed by atoms with Gasteiger partial charge in [0.1, 0.15) is 5.01 Å². The van der Waals surface area contributed by atoms with Gasteiger partial charge in [0.05, 0.1) is 12.5 Å². The lowest BCUT2D eigenvalue weighted by molar-refractivity contribution is -0.126. The van der Waals surface area contributed by atoms with E-state index < -0.39 is 0 Å². The molecule has 1 saturated heterocycles. The lowest BCUT2D eigenvalue weighted by Gasteiger charge is -2.30. The highest BCUT2D eigenvalue weighted by atomic mass is 32.1. The summed E-state index contributed by atoms with van der Waals surface area (Å²) in [6, 6.07) is 0. The smallest absolute Gasteiger partial charge is 0.224 e. The number of amides is 1. The second-order valence-corrected chi connectivity index (χ2v) is 5.40. The maximum Gasteiger partial charge on any atom is 0.224 e. The number of aromatic nitrogens is 2. The SMILES string of the molecule is CNC(=O)C1CCCN(Cc2nnc(NN)s2)C1. The predicted octanol–water partition coefficient (Wildman–Crippen LogP) is -0.218. The van der Waals surface area contributed by atoms with Crippen LogP contribution in [0.1, 0.15) is 17.8 Å². The van der Waals surface area contributed by atoms with Crippen LogP contribution in [0.15, 0.2) is 0 Å². The summed E-state index contributed by atoms with van der Waals surface area (Å²) >= 11 is 1.44. The van der Waals surface area contributed by atoms with Crippen molar-refractivity contribution in [1.29, 1.82) is 0 Å². The molecule has 2 rings (SSSR count). The van der Waals surface area contributed by atoms with E-state index in [0.717, 1.165) is 37.5 Å². The minimum absolute atomic E-state index is 0.0868. The van der Waals surface area contributed by atoms with Gasteiger partial charge in [0, 0.05) is 13.6 Å². The summed E-state index contributed by atoms with van der Waals surface area (Å²) in [5.41, 5.74) is 2.48. The molecule has 2 heterocycles. The van der Waals surface area contributed by atoms with Crippen LogP contribution in [-0.2, 0) is 11.3 Å². The summed E-state index contributed by atoms with van der Waals surface area (Å²) in [6.45, 7) is 2.51. The first kappa shape index (κ1) is 13.2. The van der Waals surface area contributed by atoms with Crippen molar-refractivity contribution in [3.8, 4) is 0 Å². The van der Waals surface area contributed by atoms with Gasteiger partial charge < -0.3 is 5.32 Å². The van der Waals surface area contributed by atoms with Crippen LogP contribution in [0.2, 0.25) is 0 Å². The molecule has 8 heteroatoms. The zero-order valence-electron chi connectivity index (χ0n) is 10.3. The van der Waals surface area contributed by atoms with E-state index in [1.54, 1.807) is 7.05 Å². The third kappa shape index (κ3) is 3.15. The highest BCUT2D eigenvalue weighted by Crippen LogP contribution is 2.21. The van der Waals surface area contributed by atoms with Gasteiger partial charge in [0.2, 0.25) is 11.0 Å². The first-order valence-electron chi connectivity index (χ1n) is 5.96. The molecular formula is C10H18N6OS. The molecule has 4 N–H and O–H groups in total. The van der Waals surface area contributed by atoms with Crippen LogP contribution in [0.4, 0.5) is 5.13 Å². The lowest BCUT2D eigenvalue weighted by Crippen LogP contribution is -2.41. The first-order valence-corrected chi connectivity index (χ1v) is 6.77. The van der Waals surface area contributed by atoms with Crippen molar-refractivity contribution >= 4 is 22.4 Å². The number of nitrogen functional groups attached to an aromatic ring is 1. The molecule has 0 saturated carbocycles. The van der Waals surface area contributed by atoms with Crippen molar-refractivity contribution in [3.63, 3.8) is 0 Å². The van der Waals surface area contributed by atoms with Gasteiger partial charge in [-0.15, -0.1) is 10.2 Å². The maximum absolute atomic E-state index is 11.6. The highest BCUT2D eigenvalue weighted by Gasteiger charge is 2.25. The molecule has 0 spiro atoms. The number of nitrogens with one attached hydrogen (secondary N) is 2. The van der Waals surface area contributed by atoms with Gasteiger partial charge in [0.15, 0.2) is 0 Å². The van der Waals surface area contributed by atoms with Crippen LogP contribution in [0.5, 0.6) is 0 Å². The van der Waals surface area contributed by atoms with Crippen LogP contribution >= 0.6 is 11.3 Å². The Bertz CT molecular complexity index is 409. The summed E-state index contributed by atoms with van der Waals surface area (Å²) in [5.74, 6) is 5.48. The van der Waals surface area contributed by atoms with E-state index in [1.807, 2.05) is 0 Å². The average molecular weight is 270 g/mol. The van der Waals surface area contributed by atoms with Crippen molar-refractivity contribution < 1.29 is 4.79 Å². The van der Waals surface area contributed by atoms with E-state index in [0.29, 0.717) is 5.13 Å². The van der Waals surface area contributed by atoms with Crippen LogP contribution in [0.25, 0.3) is 0 Å². The van der Waals surface area contributed by atoms with Gasteiger partial charge in [-0.1, -0.05) is 11.3 Å². The minimum Gasteiger partial charge on any atom is -0.359 e. The third-order valence-electron chi connectivity index (χ3n) is 3.07. The molecule has 1 amide bonds. The molecule has 1 aliphatic rings. The number of carbonyl (C=O) groups excluding carboxylic acids is 1. The maximum atomic E-state index is 11.6. The summed E-state index contributed by atoms with van der Waals surface area (Å²) in [6.07, 6.45) is 2.00. The number of nitrogens with zero attached hydrogens (tertiary/aromatic N) is 3. The van der Waals surface area contributed by atoms with Gasteiger partial charge in [-0.25, -0.2) is 5.84 Å². The average Bonchev–Trinajstić information content (AvgIpc) is 2.86. The lowest BCUT2D eigenvalue weighted by atomic mass is 9.97.